The molecule has 2 aromatic heterocycles. The smallest absolute Gasteiger partial charge is 0.255 e. The van der Waals surface area contributed by atoms with Crippen LogP contribution in [0.4, 0.5) is 0 Å². The average Bonchev–Trinajstić information content (AvgIpc) is 3.16. The number of aromatic nitrogens is 2. The lowest BCUT2D eigenvalue weighted by Crippen LogP contribution is -2.55. The fourth-order valence-corrected chi connectivity index (χ4v) is 5.08. The Bertz CT molecular complexity index is 1050. The summed E-state index contributed by atoms with van der Waals surface area (Å²) >= 11 is 0. The number of fused-ring (bicyclic) bond motifs is 4. The zero-order valence-electron chi connectivity index (χ0n) is 16.9. The molecule has 0 unspecified atom stereocenters. The summed E-state index contributed by atoms with van der Waals surface area (Å²) in [5, 5.41) is 1.26. The number of pyridine rings is 1. The molecule has 150 valence electrons. The van der Waals surface area contributed by atoms with Crippen LogP contribution >= 0.6 is 0 Å². The largest absolute Gasteiger partial charge is 0.497 e. The Kier molecular flexibility index (Phi) is 4.32. The molecule has 2 aliphatic heterocycles. The first-order valence-electron chi connectivity index (χ1n) is 10.2. The maximum absolute atomic E-state index is 12.9. The number of ether oxygens (including phenoxy) is 1. The summed E-state index contributed by atoms with van der Waals surface area (Å²) in [5.41, 5.74) is 4.51. The number of benzene rings is 1. The van der Waals surface area contributed by atoms with Gasteiger partial charge in [0.1, 0.15) is 5.75 Å². The predicted octanol–water partition coefficient (Wildman–Crippen LogP) is 3.19. The molecule has 0 aliphatic carbocycles. The van der Waals surface area contributed by atoms with Crippen LogP contribution in [0.5, 0.6) is 5.75 Å². The van der Waals surface area contributed by atoms with Gasteiger partial charge < -0.3 is 14.6 Å². The first-order chi connectivity index (χ1) is 14.1. The number of aromatic amines is 1. The van der Waals surface area contributed by atoms with Crippen molar-refractivity contribution in [1.82, 2.24) is 19.8 Å². The van der Waals surface area contributed by atoms with E-state index in [1.165, 1.54) is 22.2 Å². The number of likely N-dealkylation sites (tertiary alicyclic amines) is 1. The third-order valence-electron chi connectivity index (χ3n) is 6.79. The number of amides is 1. The predicted molar refractivity (Wildman–Crippen MR) is 112 cm³/mol. The average molecular weight is 390 g/mol. The molecule has 1 amide bonds. The Balaban J connectivity index is 1.47. The first kappa shape index (κ1) is 18.2. The summed E-state index contributed by atoms with van der Waals surface area (Å²) in [6.07, 6.45) is 6.23. The monoisotopic (exact) mass is 390 g/mol. The highest BCUT2D eigenvalue weighted by atomic mass is 16.5. The van der Waals surface area contributed by atoms with E-state index in [-0.39, 0.29) is 11.4 Å². The van der Waals surface area contributed by atoms with Crippen LogP contribution in [0.2, 0.25) is 0 Å². The molecule has 6 heteroatoms. The van der Waals surface area contributed by atoms with Gasteiger partial charge in [-0.05, 0) is 62.2 Å². The van der Waals surface area contributed by atoms with E-state index in [9.17, 15) is 4.79 Å². The van der Waals surface area contributed by atoms with Gasteiger partial charge in [0.05, 0.1) is 18.2 Å². The molecule has 4 heterocycles. The molecule has 29 heavy (non-hydrogen) atoms. The number of methoxy groups -OCH3 is 1. The number of nitrogens with one attached hydrogen (secondary N) is 1. The van der Waals surface area contributed by atoms with Gasteiger partial charge in [-0.3, -0.25) is 14.7 Å². The molecule has 2 aliphatic rings. The molecular formula is C23H26N4O2. The fraction of sp³-hybridized carbons (Fsp3) is 0.391. The quantitative estimate of drug-likeness (QED) is 0.730. The van der Waals surface area contributed by atoms with Gasteiger partial charge in [-0.2, -0.15) is 0 Å². The van der Waals surface area contributed by atoms with Crippen molar-refractivity contribution in [3.05, 3.63) is 59.5 Å². The van der Waals surface area contributed by atoms with E-state index in [0.717, 1.165) is 44.6 Å². The van der Waals surface area contributed by atoms with Gasteiger partial charge in [-0.1, -0.05) is 0 Å². The third kappa shape index (κ3) is 2.82. The molecule has 1 N–H and O–H groups in total. The number of carbonyl (C=O) groups excluding carboxylic acids is 1. The molecule has 3 aromatic rings. The van der Waals surface area contributed by atoms with Crippen LogP contribution < -0.4 is 4.74 Å². The van der Waals surface area contributed by atoms with Gasteiger partial charge in [-0.25, -0.2) is 0 Å². The van der Waals surface area contributed by atoms with Crippen molar-refractivity contribution in [3.8, 4) is 5.75 Å². The molecule has 1 aromatic carbocycles. The van der Waals surface area contributed by atoms with Crippen LogP contribution in [-0.2, 0) is 12.0 Å². The van der Waals surface area contributed by atoms with Crippen molar-refractivity contribution in [1.29, 1.82) is 0 Å². The van der Waals surface area contributed by atoms with E-state index in [2.05, 4.69) is 34.0 Å². The Hall–Kier alpha value is -2.86. The van der Waals surface area contributed by atoms with Crippen LogP contribution in [0.3, 0.4) is 0 Å². The molecular weight excluding hydrogens is 364 g/mol. The zero-order chi connectivity index (χ0) is 20.0. The number of H-pyrrole nitrogens is 1. The standard InChI is InChI=1S/C23H26N4O2/c1-26-11-7-18-19-14-17(29-2)5-6-20(19)25-21(18)23(26)8-12-27(13-9-23)22(28)16-4-3-10-24-15-16/h3-6,10,14-15,25H,7-9,11-13H2,1-2H3. The third-order valence-corrected chi connectivity index (χ3v) is 6.79. The van der Waals surface area contributed by atoms with Gasteiger partial charge >= 0.3 is 0 Å². The van der Waals surface area contributed by atoms with Crippen LogP contribution in [0.1, 0.15) is 34.5 Å². The SMILES string of the molecule is COc1ccc2[nH]c3c(c2c1)CCN(C)C31CCN(C(=O)c2cccnc2)CC1. The van der Waals surface area contributed by atoms with Crippen molar-refractivity contribution in [2.24, 2.45) is 0 Å². The summed E-state index contributed by atoms with van der Waals surface area (Å²) in [7, 11) is 3.93. The second kappa shape index (κ2) is 6.88. The highest BCUT2D eigenvalue weighted by Gasteiger charge is 2.45. The highest BCUT2D eigenvalue weighted by Crippen LogP contribution is 2.45. The summed E-state index contributed by atoms with van der Waals surface area (Å²) < 4.78 is 5.45. The second-order valence-corrected chi connectivity index (χ2v) is 8.13. The number of carbonyl (C=O) groups is 1. The fourth-order valence-electron chi connectivity index (χ4n) is 5.08. The van der Waals surface area contributed by atoms with E-state index >= 15 is 0 Å². The highest BCUT2D eigenvalue weighted by molar-refractivity contribution is 5.94. The molecule has 0 radical (unpaired) electrons. The number of hydrogen-bond acceptors (Lipinski definition) is 4. The first-order valence-corrected chi connectivity index (χ1v) is 10.2. The van der Waals surface area contributed by atoms with Crippen LogP contribution in [0.15, 0.2) is 42.7 Å². The Morgan fingerprint density at radius 1 is 1.21 bits per heavy atom. The lowest BCUT2D eigenvalue weighted by molar-refractivity contribution is 0.0231. The molecule has 5 rings (SSSR count). The van der Waals surface area contributed by atoms with Gasteiger partial charge in [0, 0.05) is 48.6 Å². The number of piperidine rings is 1. The molecule has 1 spiro atoms. The Labute approximate surface area is 170 Å². The minimum atomic E-state index is -0.0500. The van der Waals surface area contributed by atoms with E-state index in [1.807, 2.05) is 23.1 Å². The number of likely N-dealkylation sites (N-methyl/N-ethyl adjacent to an activating group) is 1. The van der Waals surface area contributed by atoms with Crippen LogP contribution in [-0.4, -0.2) is 59.5 Å². The lowest BCUT2D eigenvalue weighted by Gasteiger charge is -2.49. The summed E-state index contributed by atoms with van der Waals surface area (Å²) in [4.78, 5) is 25.1. The number of hydrogen-bond donors (Lipinski definition) is 1. The lowest BCUT2D eigenvalue weighted by atomic mass is 9.77. The van der Waals surface area contributed by atoms with Crippen molar-refractivity contribution >= 4 is 16.8 Å². The van der Waals surface area contributed by atoms with Crippen molar-refractivity contribution in [3.63, 3.8) is 0 Å². The zero-order valence-corrected chi connectivity index (χ0v) is 16.9. The molecule has 1 fully saturated rings. The van der Waals surface area contributed by atoms with E-state index < -0.39 is 0 Å². The van der Waals surface area contributed by atoms with E-state index in [0.29, 0.717) is 5.56 Å². The molecule has 0 atom stereocenters. The maximum atomic E-state index is 12.9. The van der Waals surface area contributed by atoms with Crippen LogP contribution in [0, 0.1) is 0 Å². The summed E-state index contributed by atoms with van der Waals surface area (Å²) in [6.45, 7) is 2.51. The number of rotatable bonds is 2. The number of nitrogens with zero attached hydrogens (tertiary/aromatic N) is 3. The normalized spacial score (nSPS) is 18.8. The van der Waals surface area contributed by atoms with Gasteiger partial charge in [0.15, 0.2) is 0 Å². The van der Waals surface area contributed by atoms with Gasteiger partial charge in [-0.15, -0.1) is 0 Å². The topological polar surface area (TPSA) is 61.5 Å². The van der Waals surface area contributed by atoms with E-state index in [1.54, 1.807) is 19.5 Å². The molecule has 6 nitrogen and oxygen atoms in total. The Morgan fingerprint density at radius 2 is 2.03 bits per heavy atom. The van der Waals surface area contributed by atoms with Gasteiger partial charge in [0.25, 0.3) is 5.91 Å². The van der Waals surface area contributed by atoms with Crippen molar-refractivity contribution in [2.45, 2.75) is 24.8 Å². The van der Waals surface area contributed by atoms with Gasteiger partial charge in [0.2, 0.25) is 0 Å². The molecule has 0 saturated carbocycles. The van der Waals surface area contributed by atoms with Crippen molar-refractivity contribution in [2.75, 3.05) is 33.8 Å². The molecule has 0 bridgehead atoms. The molecule has 1 saturated heterocycles. The summed E-state index contributed by atoms with van der Waals surface area (Å²) in [6, 6.07) is 9.93. The van der Waals surface area contributed by atoms with Crippen molar-refractivity contribution < 1.29 is 9.53 Å². The summed E-state index contributed by atoms with van der Waals surface area (Å²) in [5.74, 6) is 0.970. The maximum Gasteiger partial charge on any atom is 0.255 e. The van der Waals surface area contributed by atoms with E-state index in [4.69, 9.17) is 4.74 Å². The van der Waals surface area contributed by atoms with Crippen LogP contribution in [0.25, 0.3) is 10.9 Å². The minimum absolute atomic E-state index is 0.0500. The Morgan fingerprint density at radius 3 is 2.76 bits per heavy atom. The second-order valence-electron chi connectivity index (χ2n) is 8.13. The minimum Gasteiger partial charge on any atom is -0.497 e.